The van der Waals surface area contributed by atoms with Crippen LogP contribution in [0, 0.1) is 0 Å². The van der Waals surface area contributed by atoms with Crippen molar-refractivity contribution in [2.45, 2.75) is 19.7 Å². The molecule has 0 saturated carbocycles. The summed E-state index contributed by atoms with van der Waals surface area (Å²) in [7, 11) is 1.92. The maximum Gasteiger partial charge on any atom is 0.0983 e. The van der Waals surface area contributed by atoms with Gasteiger partial charge in [-0.05, 0) is 23.3 Å². The molecule has 0 saturated heterocycles. The van der Waals surface area contributed by atoms with E-state index in [0.29, 0.717) is 13.1 Å². The lowest BCUT2D eigenvalue weighted by atomic mass is 10.1. The molecule has 0 spiro atoms. The highest BCUT2D eigenvalue weighted by molar-refractivity contribution is 5.61. The maximum absolute atomic E-state index is 9.38. The Balaban J connectivity index is 1.72. The molecule has 0 aliphatic carbocycles. The highest BCUT2D eigenvalue weighted by atomic mass is 16.3. The minimum Gasteiger partial charge on any atom is -0.392 e. The van der Waals surface area contributed by atoms with Crippen LogP contribution in [0.1, 0.15) is 16.7 Å². The molecule has 0 unspecified atom stereocenters. The molecular formula is C18H20N4O. The van der Waals surface area contributed by atoms with E-state index in [4.69, 9.17) is 0 Å². The van der Waals surface area contributed by atoms with Gasteiger partial charge in [-0.1, -0.05) is 24.3 Å². The van der Waals surface area contributed by atoms with E-state index >= 15 is 0 Å². The van der Waals surface area contributed by atoms with E-state index in [2.05, 4.69) is 15.4 Å². The number of nitrogens with zero attached hydrogens (tertiary/aromatic N) is 3. The Morgan fingerprint density at radius 1 is 1.04 bits per heavy atom. The third-order valence-corrected chi connectivity index (χ3v) is 3.76. The van der Waals surface area contributed by atoms with Crippen LogP contribution in [0.15, 0.2) is 55.0 Å². The van der Waals surface area contributed by atoms with Gasteiger partial charge in [0.15, 0.2) is 0 Å². The van der Waals surface area contributed by atoms with Gasteiger partial charge in [0.2, 0.25) is 0 Å². The summed E-state index contributed by atoms with van der Waals surface area (Å²) in [6, 6.07) is 11.8. The smallest absolute Gasteiger partial charge is 0.0983 e. The van der Waals surface area contributed by atoms with Crippen molar-refractivity contribution >= 4 is 0 Å². The maximum atomic E-state index is 9.38. The van der Waals surface area contributed by atoms with Gasteiger partial charge in [-0.25, -0.2) is 0 Å². The monoisotopic (exact) mass is 308 g/mol. The van der Waals surface area contributed by atoms with Gasteiger partial charge in [0.1, 0.15) is 0 Å². The second-order valence-corrected chi connectivity index (χ2v) is 5.45. The fourth-order valence-corrected chi connectivity index (χ4v) is 2.63. The predicted octanol–water partition coefficient (Wildman–Crippen LogP) is 2.26. The second-order valence-electron chi connectivity index (χ2n) is 5.45. The Labute approximate surface area is 135 Å². The van der Waals surface area contributed by atoms with Gasteiger partial charge >= 0.3 is 0 Å². The van der Waals surface area contributed by atoms with Crippen molar-refractivity contribution in [1.29, 1.82) is 0 Å². The summed E-state index contributed by atoms with van der Waals surface area (Å²) in [6.07, 6.45) is 5.61. The van der Waals surface area contributed by atoms with Crippen LogP contribution >= 0.6 is 0 Å². The lowest BCUT2D eigenvalue weighted by molar-refractivity contribution is 0.280. The van der Waals surface area contributed by atoms with Crippen LogP contribution in [-0.4, -0.2) is 19.9 Å². The van der Waals surface area contributed by atoms with Gasteiger partial charge in [-0.2, -0.15) is 5.10 Å². The molecule has 2 N–H and O–H groups in total. The largest absolute Gasteiger partial charge is 0.392 e. The molecular weight excluding hydrogens is 288 g/mol. The Morgan fingerprint density at radius 2 is 1.83 bits per heavy atom. The average Bonchev–Trinajstić information content (AvgIpc) is 2.97. The summed E-state index contributed by atoms with van der Waals surface area (Å²) >= 11 is 0. The molecule has 0 aliphatic heterocycles. The first-order valence-corrected chi connectivity index (χ1v) is 7.59. The van der Waals surface area contributed by atoms with Crippen molar-refractivity contribution in [2.75, 3.05) is 0 Å². The molecule has 0 fully saturated rings. The number of pyridine rings is 1. The van der Waals surface area contributed by atoms with Crippen molar-refractivity contribution in [2.24, 2.45) is 7.05 Å². The van der Waals surface area contributed by atoms with E-state index in [-0.39, 0.29) is 6.61 Å². The average molecular weight is 308 g/mol. The van der Waals surface area contributed by atoms with E-state index in [1.54, 1.807) is 6.20 Å². The Bertz CT molecular complexity index is 768. The molecule has 23 heavy (non-hydrogen) atoms. The summed E-state index contributed by atoms with van der Waals surface area (Å²) in [6.45, 7) is 1.47. The Hall–Kier alpha value is -2.50. The standard InChI is InChI=1S/C18H20N4O/c1-22-12-17(18(21-22)15-7-4-8-19-10-15)11-20-9-14-5-2-3-6-16(14)13-23/h2-8,10,12,20,23H,9,11,13H2,1H3. The summed E-state index contributed by atoms with van der Waals surface area (Å²) in [4.78, 5) is 4.16. The van der Waals surface area contributed by atoms with Crippen LogP contribution < -0.4 is 5.32 Å². The van der Waals surface area contributed by atoms with Crippen LogP contribution in [0.25, 0.3) is 11.3 Å². The number of aryl methyl sites for hydroxylation is 1. The quantitative estimate of drug-likeness (QED) is 0.733. The number of nitrogens with one attached hydrogen (secondary N) is 1. The van der Waals surface area contributed by atoms with Crippen molar-refractivity contribution < 1.29 is 5.11 Å². The van der Waals surface area contributed by atoms with Crippen molar-refractivity contribution in [3.05, 3.63) is 71.7 Å². The number of hydrogen-bond acceptors (Lipinski definition) is 4. The fraction of sp³-hybridized carbons (Fsp3) is 0.222. The van der Waals surface area contributed by atoms with Crippen LogP contribution in [0.4, 0.5) is 0 Å². The molecule has 0 radical (unpaired) electrons. The zero-order valence-corrected chi connectivity index (χ0v) is 13.1. The number of aromatic nitrogens is 3. The van der Waals surface area contributed by atoms with Crippen LogP contribution in [0.5, 0.6) is 0 Å². The topological polar surface area (TPSA) is 63.0 Å². The highest BCUT2D eigenvalue weighted by Crippen LogP contribution is 2.20. The second kappa shape index (κ2) is 7.17. The van der Waals surface area contributed by atoms with E-state index in [9.17, 15) is 5.11 Å². The third-order valence-electron chi connectivity index (χ3n) is 3.76. The predicted molar refractivity (Wildman–Crippen MR) is 89.3 cm³/mol. The highest BCUT2D eigenvalue weighted by Gasteiger charge is 2.10. The van der Waals surface area contributed by atoms with Crippen molar-refractivity contribution in [1.82, 2.24) is 20.1 Å². The minimum atomic E-state index is 0.0612. The number of aliphatic hydroxyl groups excluding tert-OH is 1. The minimum absolute atomic E-state index is 0.0612. The molecule has 3 aromatic rings. The van der Waals surface area contributed by atoms with Gasteiger partial charge < -0.3 is 10.4 Å². The summed E-state index contributed by atoms with van der Waals surface area (Å²) in [5.74, 6) is 0. The van der Waals surface area contributed by atoms with Crippen LogP contribution in [-0.2, 0) is 26.7 Å². The van der Waals surface area contributed by atoms with Gasteiger partial charge in [0.05, 0.1) is 12.3 Å². The fourth-order valence-electron chi connectivity index (χ4n) is 2.63. The van der Waals surface area contributed by atoms with Crippen LogP contribution in [0.2, 0.25) is 0 Å². The normalized spacial score (nSPS) is 10.9. The zero-order valence-electron chi connectivity index (χ0n) is 13.1. The molecule has 5 heteroatoms. The third kappa shape index (κ3) is 3.64. The molecule has 118 valence electrons. The first-order valence-electron chi connectivity index (χ1n) is 7.59. The molecule has 0 aliphatic rings. The van der Waals surface area contributed by atoms with Gasteiger partial charge in [-0.3, -0.25) is 9.67 Å². The summed E-state index contributed by atoms with van der Waals surface area (Å²) < 4.78 is 1.82. The lowest BCUT2D eigenvalue weighted by Gasteiger charge is -2.09. The zero-order chi connectivity index (χ0) is 16.1. The van der Waals surface area contributed by atoms with Crippen molar-refractivity contribution in [3.63, 3.8) is 0 Å². The lowest BCUT2D eigenvalue weighted by Crippen LogP contribution is -2.14. The Morgan fingerprint density at radius 3 is 2.57 bits per heavy atom. The SMILES string of the molecule is Cn1cc(CNCc2ccccc2CO)c(-c2cccnc2)n1. The molecule has 0 amide bonds. The van der Waals surface area contributed by atoms with E-state index in [1.807, 2.05) is 60.5 Å². The van der Waals surface area contributed by atoms with E-state index in [0.717, 1.165) is 27.9 Å². The van der Waals surface area contributed by atoms with Gasteiger partial charge in [0, 0.05) is 49.9 Å². The number of aliphatic hydroxyl groups is 1. The van der Waals surface area contributed by atoms with Crippen LogP contribution in [0.3, 0.4) is 0 Å². The number of rotatable bonds is 6. The molecule has 3 rings (SSSR count). The molecule has 2 aromatic heterocycles. The summed E-state index contributed by atoms with van der Waals surface area (Å²) in [5.41, 5.74) is 5.16. The number of benzene rings is 1. The van der Waals surface area contributed by atoms with Gasteiger partial charge in [0.25, 0.3) is 0 Å². The summed E-state index contributed by atoms with van der Waals surface area (Å²) in [5, 5.41) is 17.4. The molecule has 0 bridgehead atoms. The molecule has 0 atom stereocenters. The first-order chi connectivity index (χ1) is 11.3. The Kier molecular flexibility index (Phi) is 4.80. The first kappa shape index (κ1) is 15.4. The molecule has 5 nitrogen and oxygen atoms in total. The van der Waals surface area contributed by atoms with Crippen molar-refractivity contribution in [3.8, 4) is 11.3 Å². The van der Waals surface area contributed by atoms with Gasteiger partial charge in [-0.15, -0.1) is 0 Å². The van der Waals surface area contributed by atoms with E-state index in [1.165, 1.54) is 0 Å². The molecule has 1 aromatic carbocycles. The number of hydrogen-bond donors (Lipinski definition) is 2. The van der Waals surface area contributed by atoms with E-state index < -0.39 is 0 Å². The molecule has 2 heterocycles.